The highest BCUT2D eigenvalue weighted by Crippen LogP contribution is 2.07. The number of amides is 1. The Hall–Kier alpha value is -0.570. The Morgan fingerprint density at radius 2 is 1.71 bits per heavy atom. The number of hydrogen-bond acceptors (Lipinski definition) is 2. The van der Waals surface area contributed by atoms with Crippen LogP contribution in [0.15, 0.2) is 0 Å². The number of nitrogens with one attached hydrogen (secondary N) is 2. The molecular formula is C14H30N2O. The molecule has 2 N–H and O–H groups in total. The van der Waals surface area contributed by atoms with E-state index in [1.807, 2.05) is 0 Å². The van der Waals surface area contributed by atoms with Crippen LogP contribution >= 0.6 is 0 Å². The summed E-state index contributed by atoms with van der Waals surface area (Å²) >= 11 is 0. The Morgan fingerprint density at radius 3 is 2.29 bits per heavy atom. The molecule has 0 saturated heterocycles. The first-order chi connectivity index (χ1) is 8.02. The summed E-state index contributed by atoms with van der Waals surface area (Å²) < 4.78 is 0. The molecule has 0 radical (unpaired) electrons. The fourth-order valence-corrected chi connectivity index (χ4v) is 1.62. The summed E-state index contributed by atoms with van der Waals surface area (Å²) in [4.78, 5) is 11.4. The largest absolute Gasteiger partial charge is 0.355 e. The number of unbranched alkanes of at least 4 members (excludes halogenated alkanes) is 2. The van der Waals surface area contributed by atoms with Gasteiger partial charge in [-0.25, -0.2) is 0 Å². The molecule has 3 nitrogen and oxygen atoms in total. The summed E-state index contributed by atoms with van der Waals surface area (Å²) in [7, 11) is 0. The summed E-state index contributed by atoms with van der Waals surface area (Å²) in [6, 6.07) is 0. The molecule has 0 atom stereocenters. The second-order valence-corrected chi connectivity index (χ2v) is 5.62. The fraction of sp³-hybridized carbons (Fsp3) is 0.929. The zero-order chi connectivity index (χ0) is 13.1. The van der Waals surface area contributed by atoms with Crippen LogP contribution in [0.25, 0.3) is 0 Å². The smallest absolute Gasteiger partial charge is 0.233 e. The highest BCUT2D eigenvalue weighted by atomic mass is 16.1. The van der Waals surface area contributed by atoms with Crippen molar-refractivity contribution in [1.29, 1.82) is 0 Å². The summed E-state index contributed by atoms with van der Waals surface area (Å²) in [5.74, 6) is 1.51. The molecule has 0 aromatic carbocycles. The van der Waals surface area contributed by atoms with Gasteiger partial charge in [0, 0.05) is 6.54 Å². The molecule has 0 bridgehead atoms. The zero-order valence-corrected chi connectivity index (χ0v) is 12.0. The highest BCUT2D eigenvalue weighted by Gasteiger charge is 2.00. The van der Waals surface area contributed by atoms with E-state index >= 15 is 0 Å². The van der Waals surface area contributed by atoms with Gasteiger partial charge in [-0.15, -0.1) is 0 Å². The first kappa shape index (κ1) is 16.4. The van der Waals surface area contributed by atoms with Gasteiger partial charge in [0.2, 0.25) is 5.91 Å². The lowest BCUT2D eigenvalue weighted by Gasteiger charge is -2.08. The van der Waals surface area contributed by atoms with Gasteiger partial charge in [0.05, 0.1) is 6.54 Å². The van der Waals surface area contributed by atoms with Gasteiger partial charge < -0.3 is 10.6 Å². The maximum atomic E-state index is 11.4. The molecule has 0 aromatic rings. The number of rotatable bonds is 10. The van der Waals surface area contributed by atoms with Gasteiger partial charge in [0.1, 0.15) is 0 Å². The maximum Gasteiger partial charge on any atom is 0.233 e. The van der Waals surface area contributed by atoms with E-state index in [2.05, 4.69) is 38.3 Å². The Kier molecular flexibility index (Phi) is 10.2. The topological polar surface area (TPSA) is 41.1 Å². The minimum absolute atomic E-state index is 0.120. The lowest BCUT2D eigenvalue weighted by Crippen LogP contribution is -2.35. The standard InChI is InChI=1S/C14H30N2O/c1-12(2)8-6-5-7-9-16-14(17)11-15-10-13(3)4/h12-13,15H,5-11H2,1-4H3,(H,16,17). The molecule has 0 rings (SSSR count). The van der Waals surface area contributed by atoms with E-state index in [1.165, 1.54) is 19.3 Å². The Bertz CT molecular complexity index is 191. The third-order valence-corrected chi connectivity index (χ3v) is 2.62. The third kappa shape index (κ3) is 13.4. The normalized spacial score (nSPS) is 11.2. The van der Waals surface area contributed by atoms with E-state index < -0.39 is 0 Å². The molecular weight excluding hydrogens is 212 g/mol. The molecule has 0 aliphatic carbocycles. The van der Waals surface area contributed by atoms with Gasteiger partial charge in [0.25, 0.3) is 0 Å². The minimum atomic E-state index is 0.120. The Morgan fingerprint density at radius 1 is 1.00 bits per heavy atom. The SMILES string of the molecule is CC(C)CCCCCNC(=O)CNCC(C)C. The molecule has 3 heteroatoms. The van der Waals surface area contributed by atoms with Gasteiger partial charge in [-0.3, -0.25) is 4.79 Å². The maximum absolute atomic E-state index is 11.4. The van der Waals surface area contributed by atoms with Gasteiger partial charge in [-0.2, -0.15) is 0 Å². The van der Waals surface area contributed by atoms with E-state index in [0.717, 1.165) is 25.4 Å². The van der Waals surface area contributed by atoms with Crippen LogP contribution in [0.5, 0.6) is 0 Å². The van der Waals surface area contributed by atoms with Gasteiger partial charge in [0.15, 0.2) is 0 Å². The molecule has 102 valence electrons. The summed E-state index contributed by atoms with van der Waals surface area (Å²) in [5, 5.41) is 6.08. The summed E-state index contributed by atoms with van der Waals surface area (Å²) in [5.41, 5.74) is 0. The van der Waals surface area contributed by atoms with E-state index in [1.54, 1.807) is 0 Å². The molecule has 0 aliphatic heterocycles. The van der Waals surface area contributed by atoms with Crippen LogP contribution in [0.2, 0.25) is 0 Å². The van der Waals surface area contributed by atoms with Crippen molar-refractivity contribution in [2.24, 2.45) is 11.8 Å². The first-order valence-electron chi connectivity index (χ1n) is 6.99. The van der Waals surface area contributed by atoms with Crippen LogP contribution in [0.1, 0.15) is 53.4 Å². The molecule has 0 heterocycles. The van der Waals surface area contributed by atoms with Crippen LogP contribution in [0, 0.1) is 11.8 Å². The van der Waals surface area contributed by atoms with Crippen LogP contribution in [-0.2, 0) is 4.79 Å². The van der Waals surface area contributed by atoms with E-state index in [4.69, 9.17) is 0 Å². The number of carbonyl (C=O) groups is 1. The quantitative estimate of drug-likeness (QED) is 0.578. The van der Waals surface area contributed by atoms with Crippen LogP contribution in [0.3, 0.4) is 0 Å². The highest BCUT2D eigenvalue weighted by molar-refractivity contribution is 5.77. The van der Waals surface area contributed by atoms with Crippen LogP contribution in [0.4, 0.5) is 0 Å². The van der Waals surface area contributed by atoms with Crippen LogP contribution in [-0.4, -0.2) is 25.5 Å². The molecule has 0 aromatic heterocycles. The van der Waals surface area contributed by atoms with Crippen molar-refractivity contribution < 1.29 is 4.79 Å². The molecule has 0 spiro atoms. The van der Waals surface area contributed by atoms with Crippen molar-refractivity contribution in [3.8, 4) is 0 Å². The van der Waals surface area contributed by atoms with Crippen molar-refractivity contribution in [3.05, 3.63) is 0 Å². The molecule has 0 unspecified atom stereocenters. The summed E-state index contributed by atoms with van der Waals surface area (Å²) in [6.45, 7) is 11.0. The average molecular weight is 242 g/mol. The summed E-state index contributed by atoms with van der Waals surface area (Å²) in [6.07, 6.45) is 4.89. The predicted molar refractivity (Wildman–Crippen MR) is 74.0 cm³/mol. The molecule has 1 amide bonds. The second-order valence-electron chi connectivity index (χ2n) is 5.62. The molecule has 17 heavy (non-hydrogen) atoms. The molecule has 0 fully saturated rings. The Labute approximate surface area is 107 Å². The van der Waals surface area contributed by atoms with E-state index in [0.29, 0.717) is 12.5 Å². The van der Waals surface area contributed by atoms with Gasteiger partial charge >= 0.3 is 0 Å². The average Bonchev–Trinajstić information content (AvgIpc) is 2.22. The van der Waals surface area contributed by atoms with Crippen molar-refractivity contribution in [2.75, 3.05) is 19.6 Å². The second kappa shape index (κ2) is 10.6. The van der Waals surface area contributed by atoms with Crippen molar-refractivity contribution in [3.63, 3.8) is 0 Å². The fourth-order valence-electron chi connectivity index (χ4n) is 1.62. The van der Waals surface area contributed by atoms with Crippen molar-refractivity contribution in [2.45, 2.75) is 53.4 Å². The number of carbonyl (C=O) groups excluding carboxylic acids is 1. The first-order valence-corrected chi connectivity index (χ1v) is 6.99. The minimum Gasteiger partial charge on any atom is -0.355 e. The van der Waals surface area contributed by atoms with E-state index in [-0.39, 0.29) is 5.91 Å². The lowest BCUT2D eigenvalue weighted by atomic mass is 10.1. The number of hydrogen-bond donors (Lipinski definition) is 2. The third-order valence-electron chi connectivity index (χ3n) is 2.62. The van der Waals surface area contributed by atoms with Gasteiger partial charge in [-0.1, -0.05) is 47.0 Å². The predicted octanol–water partition coefficient (Wildman–Crippen LogP) is 2.56. The molecule has 0 aliphatic rings. The monoisotopic (exact) mass is 242 g/mol. The Balaban J connectivity index is 3.22. The molecule has 0 saturated carbocycles. The van der Waals surface area contributed by atoms with Crippen molar-refractivity contribution in [1.82, 2.24) is 10.6 Å². The van der Waals surface area contributed by atoms with Crippen molar-refractivity contribution >= 4 is 5.91 Å². The zero-order valence-electron chi connectivity index (χ0n) is 12.0. The van der Waals surface area contributed by atoms with Crippen LogP contribution < -0.4 is 10.6 Å². The van der Waals surface area contributed by atoms with Gasteiger partial charge in [-0.05, 0) is 24.8 Å². The van der Waals surface area contributed by atoms with E-state index in [9.17, 15) is 4.79 Å². The lowest BCUT2D eigenvalue weighted by molar-refractivity contribution is -0.120.